The second-order valence-corrected chi connectivity index (χ2v) is 4.51. The summed E-state index contributed by atoms with van der Waals surface area (Å²) in [6.07, 6.45) is 0. The van der Waals surface area contributed by atoms with Gasteiger partial charge in [-0.15, -0.1) is 0 Å². The number of hydrogen-bond donors (Lipinski definition) is 0. The molecule has 0 radical (unpaired) electrons. The molecule has 0 aliphatic heterocycles. The van der Waals surface area contributed by atoms with Gasteiger partial charge in [0.15, 0.2) is 0 Å². The molecular formula is C7H3BrN4S. The van der Waals surface area contributed by atoms with Crippen molar-refractivity contribution in [3.05, 3.63) is 22.7 Å². The third kappa shape index (κ3) is 0.988. The molecule has 0 spiro atoms. The summed E-state index contributed by atoms with van der Waals surface area (Å²) in [5, 5.41) is 11.4. The minimum absolute atomic E-state index is 0.827. The van der Waals surface area contributed by atoms with Crippen molar-refractivity contribution < 1.29 is 0 Å². The van der Waals surface area contributed by atoms with E-state index in [-0.39, 0.29) is 0 Å². The summed E-state index contributed by atoms with van der Waals surface area (Å²) >= 11 is 5.00. The van der Waals surface area contributed by atoms with Crippen molar-refractivity contribution in [3.63, 3.8) is 0 Å². The summed E-state index contributed by atoms with van der Waals surface area (Å²) < 4.78 is 3.97. The van der Waals surface area contributed by atoms with Crippen LogP contribution >= 0.6 is 27.3 Å². The Labute approximate surface area is 85.3 Å². The van der Waals surface area contributed by atoms with Gasteiger partial charge in [0.05, 0.1) is 10.2 Å². The van der Waals surface area contributed by atoms with E-state index in [2.05, 4.69) is 37.5 Å². The molecule has 64 valence electrons. The number of tetrazole rings is 1. The topological polar surface area (TPSA) is 43.1 Å². The van der Waals surface area contributed by atoms with E-state index >= 15 is 0 Å². The Morgan fingerprint density at radius 2 is 2.31 bits per heavy atom. The first-order chi connectivity index (χ1) is 6.34. The predicted molar refractivity (Wildman–Crippen MR) is 53.9 cm³/mol. The van der Waals surface area contributed by atoms with Gasteiger partial charge in [-0.2, -0.15) is 4.52 Å². The molecule has 0 atom stereocenters. The van der Waals surface area contributed by atoms with Gasteiger partial charge < -0.3 is 0 Å². The Bertz CT molecular complexity index is 584. The van der Waals surface area contributed by atoms with Crippen LogP contribution in [0, 0.1) is 0 Å². The zero-order valence-corrected chi connectivity index (χ0v) is 8.71. The Morgan fingerprint density at radius 3 is 3.23 bits per heavy atom. The molecule has 6 heteroatoms. The van der Waals surface area contributed by atoms with Gasteiger partial charge in [0.2, 0.25) is 4.96 Å². The lowest BCUT2D eigenvalue weighted by Crippen LogP contribution is -1.82. The van der Waals surface area contributed by atoms with Gasteiger partial charge >= 0.3 is 0 Å². The van der Waals surface area contributed by atoms with E-state index in [0.29, 0.717) is 0 Å². The van der Waals surface area contributed by atoms with Crippen molar-refractivity contribution in [2.75, 3.05) is 0 Å². The molecule has 3 aromatic rings. The van der Waals surface area contributed by atoms with Gasteiger partial charge in [-0.25, -0.2) is 0 Å². The van der Waals surface area contributed by atoms with Crippen LogP contribution in [0.2, 0.25) is 0 Å². The quantitative estimate of drug-likeness (QED) is 0.617. The van der Waals surface area contributed by atoms with Crippen molar-refractivity contribution in [1.29, 1.82) is 0 Å². The van der Waals surface area contributed by atoms with Crippen LogP contribution in [0.15, 0.2) is 22.7 Å². The van der Waals surface area contributed by atoms with E-state index in [0.717, 1.165) is 19.7 Å². The SMILES string of the molecule is Brc1ccc2c(c1)sc1nnnn12. The number of halogens is 1. The molecule has 0 saturated carbocycles. The molecule has 0 fully saturated rings. The normalized spacial score (nSPS) is 11.5. The molecule has 0 N–H and O–H groups in total. The molecule has 0 unspecified atom stereocenters. The lowest BCUT2D eigenvalue weighted by Gasteiger charge is -1.89. The number of nitrogens with zero attached hydrogens (tertiary/aromatic N) is 4. The molecule has 1 aromatic carbocycles. The fraction of sp³-hybridized carbons (Fsp3) is 0. The summed E-state index contributed by atoms with van der Waals surface area (Å²) in [5.74, 6) is 0. The first-order valence-corrected chi connectivity index (χ1v) is 5.22. The summed E-state index contributed by atoms with van der Waals surface area (Å²) in [5.41, 5.74) is 1.05. The molecule has 0 saturated heterocycles. The van der Waals surface area contributed by atoms with Gasteiger partial charge in [-0.1, -0.05) is 32.4 Å². The molecular weight excluding hydrogens is 252 g/mol. The maximum Gasteiger partial charge on any atom is 0.235 e. The van der Waals surface area contributed by atoms with Crippen molar-refractivity contribution in [3.8, 4) is 0 Å². The molecule has 0 amide bonds. The molecule has 0 aliphatic carbocycles. The summed E-state index contributed by atoms with van der Waals surface area (Å²) in [6.45, 7) is 0. The second-order valence-electron chi connectivity index (χ2n) is 2.59. The summed E-state index contributed by atoms with van der Waals surface area (Å²) in [7, 11) is 0. The Balaban J connectivity index is 2.59. The van der Waals surface area contributed by atoms with Crippen molar-refractivity contribution in [1.82, 2.24) is 20.0 Å². The summed E-state index contributed by atoms with van der Waals surface area (Å²) in [6, 6.07) is 6.03. The Morgan fingerprint density at radius 1 is 1.38 bits per heavy atom. The van der Waals surface area contributed by atoms with Crippen molar-refractivity contribution in [2.45, 2.75) is 0 Å². The van der Waals surface area contributed by atoms with Crippen LogP contribution in [0.1, 0.15) is 0 Å². The van der Waals surface area contributed by atoms with Gasteiger partial charge in [-0.3, -0.25) is 0 Å². The van der Waals surface area contributed by atoms with E-state index in [1.807, 2.05) is 12.1 Å². The third-order valence-corrected chi connectivity index (χ3v) is 3.27. The van der Waals surface area contributed by atoms with Crippen LogP contribution < -0.4 is 0 Å². The predicted octanol–water partition coefficient (Wildman–Crippen LogP) is 2.10. The van der Waals surface area contributed by atoms with Crippen LogP contribution in [-0.4, -0.2) is 20.0 Å². The van der Waals surface area contributed by atoms with Gasteiger partial charge in [0, 0.05) is 4.47 Å². The highest BCUT2D eigenvalue weighted by atomic mass is 79.9. The number of hydrogen-bond acceptors (Lipinski definition) is 4. The van der Waals surface area contributed by atoms with Crippen molar-refractivity contribution >= 4 is 42.4 Å². The highest BCUT2D eigenvalue weighted by molar-refractivity contribution is 9.10. The van der Waals surface area contributed by atoms with Crippen LogP contribution in [0.3, 0.4) is 0 Å². The highest BCUT2D eigenvalue weighted by Crippen LogP contribution is 2.26. The molecule has 2 heterocycles. The maximum atomic E-state index is 3.89. The first kappa shape index (κ1) is 7.40. The minimum atomic E-state index is 0.827. The van der Waals surface area contributed by atoms with E-state index in [1.165, 1.54) is 0 Å². The fourth-order valence-corrected chi connectivity index (χ4v) is 2.69. The van der Waals surface area contributed by atoms with Gasteiger partial charge in [-0.05, 0) is 28.6 Å². The van der Waals surface area contributed by atoms with E-state index < -0.39 is 0 Å². The zero-order chi connectivity index (χ0) is 8.84. The number of aromatic nitrogens is 4. The second kappa shape index (κ2) is 2.49. The van der Waals surface area contributed by atoms with Gasteiger partial charge in [0.25, 0.3) is 0 Å². The Hall–Kier alpha value is -1.01. The third-order valence-electron chi connectivity index (χ3n) is 1.79. The average molecular weight is 255 g/mol. The molecule has 3 rings (SSSR count). The van der Waals surface area contributed by atoms with E-state index in [9.17, 15) is 0 Å². The van der Waals surface area contributed by atoms with Crippen LogP contribution in [-0.2, 0) is 0 Å². The minimum Gasteiger partial charge on any atom is -0.183 e. The first-order valence-electron chi connectivity index (χ1n) is 3.61. The maximum absolute atomic E-state index is 3.89. The zero-order valence-electron chi connectivity index (χ0n) is 6.31. The van der Waals surface area contributed by atoms with E-state index in [4.69, 9.17) is 0 Å². The molecule has 2 aromatic heterocycles. The lowest BCUT2D eigenvalue weighted by atomic mass is 10.3. The molecule has 0 aliphatic rings. The molecule has 13 heavy (non-hydrogen) atoms. The standard InChI is InChI=1S/C7H3BrN4S/c8-4-1-2-5-6(3-4)13-7-9-10-11-12(5)7/h1-3H. The lowest BCUT2D eigenvalue weighted by molar-refractivity contribution is 0.843. The highest BCUT2D eigenvalue weighted by Gasteiger charge is 2.06. The summed E-state index contributed by atoms with van der Waals surface area (Å²) in [4.78, 5) is 0.827. The number of fused-ring (bicyclic) bond motifs is 3. The van der Waals surface area contributed by atoms with E-state index in [1.54, 1.807) is 15.9 Å². The smallest absolute Gasteiger partial charge is 0.183 e. The van der Waals surface area contributed by atoms with Gasteiger partial charge in [0.1, 0.15) is 0 Å². The average Bonchev–Trinajstić information content (AvgIpc) is 2.62. The molecule has 4 nitrogen and oxygen atoms in total. The largest absolute Gasteiger partial charge is 0.235 e. The fourth-order valence-electron chi connectivity index (χ4n) is 1.24. The molecule has 0 bridgehead atoms. The van der Waals surface area contributed by atoms with Crippen LogP contribution in [0.5, 0.6) is 0 Å². The number of thiazole rings is 1. The van der Waals surface area contributed by atoms with Crippen LogP contribution in [0.4, 0.5) is 0 Å². The number of rotatable bonds is 0. The monoisotopic (exact) mass is 254 g/mol. The number of benzene rings is 1. The van der Waals surface area contributed by atoms with Crippen molar-refractivity contribution in [2.24, 2.45) is 0 Å². The van der Waals surface area contributed by atoms with Crippen LogP contribution in [0.25, 0.3) is 15.2 Å². The Kier molecular flexibility index (Phi) is 1.42.